The van der Waals surface area contributed by atoms with E-state index in [1.165, 1.54) is 6.21 Å². The van der Waals surface area contributed by atoms with Gasteiger partial charge in [-0.05, 0) is 16.4 Å². The van der Waals surface area contributed by atoms with E-state index in [1.54, 1.807) is 0 Å². The molecule has 0 fully saturated rings. The van der Waals surface area contributed by atoms with Crippen LogP contribution in [0.1, 0.15) is 58.2 Å². The van der Waals surface area contributed by atoms with E-state index in [4.69, 9.17) is 5.84 Å². The first kappa shape index (κ1) is 15.3. The van der Waals surface area contributed by atoms with Crippen molar-refractivity contribution < 1.29 is 10.2 Å². The lowest BCUT2D eigenvalue weighted by molar-refractivity contribution is 0.386. The maximum atomic E-state index is 10.2. The molecular formula is C15H24N2O2. The number of nitrogens with zero attached hydrogens (tertiary/aromatic N) is 1. The van der Waals surface area contributed by atoms with Crippen molar-refractivity contribution in [3.63, 3.8) is 0 Å². The molecule has 0 aromatic heterocycles. The molecule has 0 bridgehead atoms. The lowest BCUT2D eigenvalue weighted by Crippen LogP contribution is -2.19. The van der Waals surface area contributed by atoms with Crippen molar-refractivity contribution in [2.75, 3.05) is 0 Å². The van der Waals surface area contributed by atoms with E-state index < -0.39 is 0 Å². The Labute approximate surface area is 115 Å². The number of benzene rings is 1. The number of phenolic OH excluding ortho intramolecular Hbond substituents is 2. The van der Waals surface area contributed by atoms with E-state index in [1.807, 2.05) is 47.6 Å². The Morgan fingerprint density at radius 1 is 0.947 bits per heavy atom. The van der Waals surface area contributed by atoms with Crippen LogP contribution in [0.15, 0.2) is 11.2 Å². The molecule has 0 spiro atoms. The molecule has 4 heteroatoms. The zero-order valence-corrected chi connectivity index (χ0v) is 12.6. The summed E-state index contributed by atoms with van der Waals surface area (Å²) in [5.74, 6) is 4.93. The molecule has 0 radical (unpaired) electrons. The van der Waals surface area contributed by atoms with Crippen LogP contribution < -0.4 is 5.84 Å². The summed E-state index contributed by atoms with van der Waals surface area (Å²) in [6, 6.07) is 1.92. The highest BCUT2D eigenvalue weighted by molar-refractivity contribution is 5.88. The Balaban J connectivity index is 3.75. The number of hydrazone groups is 1. The lowest BCUT2D eigenvalue weighted by Gasteiger charge is -2.28. The van der Waals surface area contributed by atoms with Crippen molar-refractivity contribution >= 4 is 6.21 Å². The third-order valence-electron chi connectivity index (χ3n) is 3.13. The minimum atomic E-state index is -0.264. The van der Waals surface area contributed by atoms with E-state index in [0.717, 1.165) is 5.56 Å². The summed E-state index contributed by atoms with van der Waals surface area (Å²) in [5, 5.41) is 23.9. The SMILES string of the molecule is CC(C)(C)c1cc(C(C)(C)C)c(C=NN)c(O)c1O. The Morgan fingerprint density at radius 3 is 1.79 bits per heavy atom. The van der Waals surface area contributed by atoms with Crippen LogP contribution >= 0.6 is 0 Å². The number of nitrogens with two attached hydrogens (primary N) is 1. The van der Waals surface area contributed by atoms with Gasteiger partial charge in [0.1, 0.15) is 0 Å². The van der Waals surface area contributed by atoms with Crippen LogP contribution in [0.3, 0.4) is 0 Å². The van der Waals surface area contributed by atoms with Gasteiger partial charge in [0.05, 0.1) is 6.21 Å². The van der Waals surface area contributed by atoms with Gasteiger partial charge in [-0.25, -0.2) is 0 Å². The average molecular weight is 264 g/mol. The minimum absolute atomic E-state index is 0.101. The van der Waals surface area contributed by atoms with E-state index in [2.05, 4.69) is 5.10 Å². The highest BCUT2D eigenvalue weighted by Crippen LogP contribution is 2.43. The van der Waals surface area contributed by atoms with Crippen LogP contribution in [0.4, 0.5) is 0 Å². The molecule has 1 aromatic carbocycles. The maximum Gasteiger partial charge on any atom is 0.167 e. The number of rotatable bonds is 1. The van der Waals surface area contributed by atoms with Crippen molar-refractivity contribution in [3.05, 3.63) is 22.8 Å². The second-order valence-electron chi connectivity index (χ2n) is 6.86. The quantitative estimate of drug-likeness (QED) is 0.316. The predicted molar refractivity (Wildman–Crippen MR) is 79.0 cm³/mol. The Kier molecular flexibility index (Phi) is 3.84. The first-order valence-corrected chi connectivity index (χ1v) is 6.33. The van der Waals surface area contributed by atoms with E-state index in [9.17, 15) is 10.2 Å². The largest absolute Gasteiger partial charge is 0.504 e. The molecule has 0 saturated carbocycles. The Hall–Kier alpha value is -1.71. The predicted octanol–water partition coefficient (Wildman–Crippen LogP) is 2.99. The number of phenols is 2. The van der Waals surface area contributed by atoms with Crippen LogP contribution in [-0.4, -0.2) is 16.4 Å². The van der Waals surface area contributed by atoms with E-state index in [-0.39, 0.29) is 22.3 Å². The number of hydrogen-bond acceptors (Lipinski definition) is 4. The monoisotopic (exact) mass is 264 g/mol. The van der Waals surface area contributed by atoms with Crippen molar-refractivity contribution in [2.45, 2.75) is 52.4 Å². The van der Waals surface area contributed by atoms with Gasteiger partial charge in [-0.1, -0.05) is 47.6 Å². The molecule has 0 unspecified atom stereocenters. The summed E-state index contributed by atoms with van der Waals surface area (Å²) in [6.07, 6.45) is 1.38. The molecule has 1 rings (SSSR count). The number of aromatic hydroxyl groups is 2. The molecule has 0 atom stereocenters. The van der Waals surface area contributed by atoms with Crippen LogP contribution in [0, 0.1) is 0 Å². The van der Waals surface area contributed by atoms with Gasteiger partial charge in [-0.15, -0.1) is 0 Å². The van der Waals surface area contributed by atoms with Gasteiger partial charge >= 0.3 is 0 Å². The van der Waals surface area contributed by atoms with Gasteiger partial charge in [-0.2, -0.15) is 5.10 Å². The molecule has 0 aliphatic rings. The number of hydrogen-bond donors (Lipinski definition) is 3. The highest BCUT2D eigenvalue weighted by atomic mass is 16.3. The summed E-state index contributed by atoms with van der Waals surface area (Å²) in [7, 11) is 0. The molecule has 0 amide bonds. The van der Waals surface area contributed by atoms with Crippen LogP contribution in [0.5, 0.6) is 11.5 Å². The molecule has 19 heavy (non-hydrogen) atoms. The standard InChI is InChI=1S/C15H24N2O2/c1-14(2,3)10-7-11(15(4,5)6)13(19)12(18)9(10)8-17-16/h7-8,18-19H,16H2,1-6H3. The third kappa shape index (κ3) is 3.00. The van der Waals surface area contributed by atoms with E-state index >= 15 is 0 Å². The fourth-order valence-electron chi connectivity index (χ4n) is 2.07. The van der Waals surface area contributed by atoms with Gasteiger partial charge in [0.15, 0.2) is 11.5 Å². The van der Waals surface area contributed by atoms with E-state index in [0.29, 0.717) is 11.1 Å². The summed E-state index contributed by atoms with van der Waals surface area (Å²) >= 11 is 0. The van der Waals surface area contributed by atoms with Gasteiger partial charge in [0.2, 0.25) is 0 Å². The zero-order valence-electron chi connectivity index (χ0n) is 12.6. The van der Waals surface area contributed by atoms with Crippen molar-refractivity contribution in [2.24, 2.45) is 10.9 Å². The van der Waals surface area contributed by atoms with Gasteiger partial charge in [0.25, 0.3) is 0 Å². The van der Waals surface area contributed by atoms with Crippen molar-refractivity contribution in [1.82, 2.24) is 0 Å². The van der Waals surface area contributed by atoms with Gasteiger partial charge < -0.3 is 16.1 Å². The van der Waals surface area contributed by atoms with Crippen LogP contribution in [0.2, 0.25) is 0 Å². The summed E-state index contributed by atoms with van der Waals surface area (Å²) < 4.78 is 0. The first-order valence-electron chi connectivity index (χ1n) is 6.33. The second-order valence-corrected chi connectivity index (χ2v) is 6.86. The molecule has 0 heterocycles. The first-order chi connectivity index (χ1) is 8.50. The highest BCUT2D eigenvalue weighted by Gasteiger charge is 2.28. The topological polar surface area (TPSA) is 78.8 Å². The maximum absolute atomic E-state index is 10.2. The fourth-order valence-corrected chi connectivity index (χ4v) is 2.07. The van der Waals surface area contributed by atoms with Crippen molar-refractivity contribution in [3.8, 4) is 11.5 Å². The smallest absolute Gasteiger partial charge is 0.167 e. The molecule has 0 aliphatic heterocycles. The summed E-state index contributed by atoms with van der Waals surface area (Å²) in [5.41, 5.74) is 1.63. The molecule has 106 valence electrons. The van der Waals surface area contributed by atoms with Crippen LogP contribution in [-0.2, 0) is 10.8 Å². The average Bonchev–Trinajstić information content (AvgIpc) is 2.21. The molecule has 4 N–H and O–H groups in total. The summed E-state index contributed by atoms with van der Waals surface area (Å²) in [6.45, 7) is 12.1. The van der Waals surface area contributed by atoms with Crippen molar-refractivity contribution in [1.29, 1.82) is 0 Å². The molecular weight excluding hydrogens is 240 g/mol. The second kappa shape index (κ2) is 4.76. The minimum Gasteiger partial charge on any atom is -0.504 e. The van der Waals surface area contributed by atoms with Crippen LogP contribution in [0.25, 0.3) is 0 Å². The van der Waals surface area contributed by atoms with Gasteiger partial charge in [0, 0.05) is 11.1 Å². The fraction of sp³-hybridized carbons (Fsp3) is 0.533. The summed E-state index contributed by atoms with van der Waals surface area (Å²) in [4.78, 5) is 0. The Bertz CT molecular complexity index is 506. The Morgan fingerprint density at radius 2 is 1.42 bits per heavy atom. The normalized spacial score (nSPS) is 13.2. The van der Waals surface area contributed by atoms with Gasteiger partial charge in [-0.3, -0.25) is 0 Å². The molecule has 1 aromatic rings. The third-order valence-corrected chi connectivity index (χ3v) is 3.13. The lowest BCUT2D eigenvalue weighted by atomic mass is 9.77. The zero-order chi connectivity index (χ0) is 15.0. The molecule has 0 saturated heterocycles. The molecule has 0 aliphatic carbocycles. The molecule has 4 nitrogen and oxygen atoms in total.